The molecule has 4 rings (SSSR count). The number of aromatic nitrogens is 2. The van der Waals surface area contributed by atoms with E-state index in [1.54, 1.807) is 0 Å². The topological polar surface area (TPSA) is 43.8 Å². The number of benzene rings is 1. The van der Waals surface area contributed by atoms with Gasteiger partial charge in [-0.1, -0.05) is 6.42 Å². The lowest BCUT2D eigenvalue weighted by Gasteiger charge is -2.25. The van der Waals surface area contributed by atoms with Gasteiger partial charge in [0.1, 0.15) is 5.82 Å². The molecule has 1 heterocycles. The van der Waals surface area contributed by atoms with E-state index in [1.807, 2.05) is 12.1 Å². The molecule has 3 nitrogen and oxygen atoms in total. The summed E-state index contributed by atoms with van der Waals surface area (Å²) in [6.07, 6.45) is 5.63. The van der Waals surface area contributed by atoms with Crippen molar-refractivity contribution >= 4 is 16.7 Å². The van der Waals surface area contributed by atoms with E-state index < -0.39 is 0 Å². The van der Waals surface area contributed by atoms with Gasteiger partial charge in [-0.15, -0.1) is 0 Å². The van der Waals surface area contributed by atoms with Crippen LogP contribution in [-0.4, -0.2) is 9.55 Å². The highest BCUT2D eigenvalue weighted by Crippen LogP contribution is 2.51. The third kappa shape index (κ3) is 1.33. The molecule has 2 aliphatic rings. The highest BCUT2D eigenvalue weighted by atomic mass is 15.1. The zero-order chi connectivity index (χ0) is 12.3. The highest BCUT2D eigenvalue weighted by Gasteiger charge is 2.41. The van der Waals surface area contributed by atoms with Crippen molar-refractivity contribution in [2.45, 2.75) is 38.6 Å². The standard InChI is InChI=1S/C15H19N3/c1-9-17-13-8-12(16)4-5-14(13)18(9)15-7-10-2-3-11(15)6-10/h4-5,8,10-11,15H,2-3,6-7,16H2,1H3. The lowest BCUT2D eigenvalue weighted by Crippen LogP contribution is -2.17. The lowest BCUT2D eigenvalue weighted by molar-refractivity contribution is 0.331. The number of fused-ring (bicyclic) bond motifs is 3. The second-order valence-electron chi connectivity index (χ2n) is 6.02. The van der Waals surface area contributed by atoms with Crippen LogP contribution in [-0.2, 0) is 0 Å². The Morgan fingerprint density at radius 1 is 1.28 bits per heavy atom. The van der Waals surface area contributed by atoms with Crippen LogP contribution in [0.3, 0.4) is 0 Å². The van der Waals surface area contributed by atoms with E-state index in [4.69, 9.17) is 5.73 Å². The van der Waals surface area contributed by atoms with Gasteiger partial charge in [0.2, 0.25) is 0 Å². The molecule has 2 aliphatic carbocycles. The highest BCUT2D eigenvalue weighted by molar-refractivity contribution is 5.79. The number of imidazole rings is 1. The molecule has 3 atom stereocenters. The molecule has 94 valence electrons. The minimum absolute atomic E-state index is 0.678. The molecule has 1 aromatic heterocycles. The van der Waals surface area contributed by atoms with E-state index in [0.717, 1.165) is 28.9 Å². The Morgan fingerprint density at radius 2 is 2.17 bits per heavy atom. The number of hydrogen-bond donors (Lipinski definition) is 1. The van der Waals surface area contributed by atoms with Crippen LogP contribution in [0.15, 0.2) is 18.2 Å². The van der Waals surface area contributed by atoms with E-state index in [2.05, 4.69) is 22.5 Å². The second-order valence-corrected chi connectivity index (χ2v) is 6.02. The third-order valence-electron chi connectivity index (χ3n) is 4.92. The molecule has 2 bridgehead atoms. The SMILES string of the molecule is Cc1nc2cc(N)ccc2n1C1CC2CCC1C2. The van der Waals surface area contributed by atoms with E-state index in [-0.39, 0.29) is 0 Å². The summed E-state index contributed by atoms with van der Waals surface area (Å²) in [6, 6.07) is 6.80. The van der Waals surface area contributed by atoms with E-state index >= 15 is 0 Å². The second kappa shape index (κ2) is 3.50. The number of anilines is 1. The molecule has 0 amide bonds. The van der Waals surface area contributed by atoms with Gasteiger partial charge in [0.15, 0.2) is 0 Å². The molecule has 3 heteroatoms. The Labute approximate surface area is 107 Å². The maximum absolute atomic E-state index is 5.85. The molecule has 0 radical (unpaired) electrons. The van der Waals surface area contributed by atoms with Gasteiger partial charge in [0.25, 0.3) is 0 Å². The van der Waals surface area contributed by atoms with Crippen molar-refractivity contribution in [1.29, 1.82) is 0 Å². The predicted molar refractivity (Wildman–Crippen MR) is 73.4 cm³/mol. The summed E-state index contributed by atoms with van der Waals surface area (Å²) in [5.74, 6) is 2.99. The number of nitrogen functional groups attached to an aromatic ring is 1. The molecule has 2 saturated carbocycles. The van der Waals surface area contributed by atoms with Crippen molar-refractivity contribution in [3.8, 4) is 0 Å². The maximum atomic E-state index is 5.85. The smallest absolute Gasteiger partial charge is 0.106 e. The van der Waals surface area contributed by atoms with Crippen LogP contribution >= 0.6 is 0 Å². The summed E-state index contributed by atoms with van der Waals surface area (Å²) in [4.78, 5) is 4.69. The van der Waals surface area contributed by atoms with E-state index in [9.17, 15) is 0 Å². The van der Waals surface area contributed by atoms with Crippen LogP contribution in [0, 0.1) is 18.8 Å². The molecule has 2 aromatic rings. The monoisotopic (exact) mass is 241 g/mol. The van der Waals surface area contributed by atoms with Gasteiger partial charge in [-0.2, -0.15) is 0 Å². The minimum Gasteiger partial charge on any atom is -0.399 e. The van der Waals surface area contributed by atoms with Gasteiger partial charge in [0, 0.05) is 11.7 Å². The van der Waals surface area contributed by atoms with Crippen LogP contribution in [0.25, 0.3) is 11.0 Å². The van der Waals surface area contributed by atoms with Crippen LogP contribution in [0.5, 0.6) is 0 Å². The van der Waals surface area contributed by atoms with Gasteiger partial charge in [-0.3, -0.25) is 0 Å². The van der Waals surface area contributed by atoms with Gasteiger partial charge in [-0.25, -0.2) is 4.98 Å². The fraction of sp³-hybridized carbons (Fsp3) is 0.533. The molecule has 2 N–H and O–H groups in total. The molecule has 3 unspecified atom stereocenters. The lowest BCUT2D eigenvalue weighted by atomic mass is 9.95. The molecular formula is C15H19N3. The van der Waals surface area contributed by atoms with Crippen LogP contribution in [0.2, 0.25) is 0 Å². The summed E-state index contributed by atoms with van der Waals surface area (Å²) in [7, 11) is 0. The Kier molecular flexibility index (Phi) is 2.02. The van der Waals surface area contributed by atoms with Gasteiger partial charge in [-0.05, 0) is 56.2 Å². The summed E-state index contributed by atoms with van der Waals surface area (Å²) in [5, 5.41) is 0. The van der Waals surface area contributed by atoms with Gasteiger partial charge < -0.3 is 10.3 Å². The van der Waals surface area contributed by atoms with Crippen LogP contribution in [0.1, 0.15) is 37.5 Å². The normalized spacial score (nSPS) is 30.4. The number of nitrogens with two attached hydrogens (primary N) is 1. The molecule has 1 aromatic carbocycles. The quantitative estimate of drug-likeness (QED) is 0.779. The molecule has 0 spiro atoms. The molecular weight excluding hydrogens is 222 g/mol. The van der Waals surface area contributed by atoms with Gasteiger partial charge in [0.05, 0.1) is 11.0 Å². The first-order valence-electron chi connectivity index (χ1n) is 6.96. The zero-order valence-electron chi connectivity index (χ0n) is 10.8. The summed E-state index contributed by atoms with van der Waals surface area (Å²) < 4.78 is 2.47. The molecule has 0 aliphatic heterocycles. The van der Waals surface area contributed by atoms with Crippen molar-refractivity contribution in [3.05, 3.63) is 24.0 Å². The Morgan fingerprint density at radius 3 is 2.89 bits per heavy atom. The third-order valence-corrected chi connectivity index (χ3v) is 4.92. The first-order valence-corrected chi connectivity index (χ1v) is 6.96. The van der Waals surface area contributed by atoms with Crippen molar-refractivity contribution in [2.24, 2.45) is 11.8 Å². The number of nitrogens with zero attached hydrogens (tertiary/aromatic N) is 2. The number of rotatable bonds is 1. The maximum Gasteiger partial charge on any atom is 0.106 e. The van der Waals surface area contributed by atoms with Crippen LogP contribution in [0.4, 0.5) is 5.69 Å². The van der Waals surface area contributed by atoms with E-state index in [1.165, 1.54) is 31.2 Å². The first kappa shape index (κ1) is 10.4. The van der Waals surface area contributed by atoms with E-state index in [0.29, 0.717) is 6.04 Å². The summed E-state index contributed by atoms with van der Waals surface area (Å²) in [5.41, 5.74) is 8.97. The van der Waals surface area contributed by atoms with Crippen LogP contribution < -0.4 is 5.73 Å². The fourth-order valence-electron chi connectivity index (χ4n) is 4.18. The van der Waals surface area contributed by atoms with Crippen molar-refractivity contribution < 1.29 is 0 Å². The first-order chi connectivity index (χ1) is 8.72. The average molecular weight is 241 g/mol. The summed E-state index contributed by atoms with van der Waals surface area (Å²) in [6.45, 7) is 2.13. The van der Waals surface area contributed by atoms with Crippen molar-refractivity contribution in [3.63, 3.8) is 0 Å². The largest absolute Gasteiger partial charge is 0.399 e. The Bertz CT molecular complexity index is 613. The Hall–Kier alpha value is -1.51. The molecule has 2 fully saturated rings. The predicted octanol–water partition coefficient (Wildman–Crippen LogP) is 3.29. The zero-order valence-corrected chi connectivity index (χ0v) is 10.8. The number of aryl methyl sites for hydroxylation is 1. The molecule has 0 saturated heterocycles. The summed E-state index contributed by atoms with van der Waals surface area (Å²) >= 11 is 0. The fourth-order valence-corrected chi connectivity index (χ4v) is 4.18. The van der Waals surface area contributed by atoms with Crippen molar-refractivity contribution in [2.75, 3.05) is 5.73 Å². The Balaban J connectivity index is 1.87. The van der Waals surface area contributed by atoms with Crippen molar-refractivity contribution in [1.82, 2.24) is 9.55 Å². The average Bonchev–Trinajstić information content (AvgIpc) is 3.00. The van der Waals surface area contributed by atoms with Gasteiger partial charge >= 0.3 is 0 Å². The minimum atomic E-state index is 0.678. The molecule has 18 heavy (non-hydrogen) atoms. The number of hydrogen-bond acceptors (Lipinski definition) is 2.